The fourth-order valence-corrected chi connectivity index (χ4v) is 1.70. The molecule has 0 bridgehead atoms. The van der Waals surface area contributed by atoms with Gasteiger partial charge in [-0.15, -0.1) is 0 Å². The molecule has 0 aliphatic heterocycles. The van der Waals surface area contributed by atoms with Crippen LogP contribution >= 0.6 is 11.6 Å². The van der Waals surface area contributed by atoms with Gasteiger partial charge in [0.15, 0.2) is 0 Å². The summed E-state index contributed by atoms with van der Waals surface area (Å²) in [6.45, 7) is 0.148. The number of likely N-dealkylation sites (N-methyl/N-ethyl adjacent to an activating group) is 2. The van der Waals surface area contributed by atoms with E-state index in [1.165, 1.54) is 19.2 Å². The van der Waals surface area contributed by atoms with Crippen LogP contribution in [-0.2, 0) is 9.59 Å². The summed E-state index contributed by atoms with van der Waals surface area (Å²) >= 11 is 5.83. The van der Waals surface area contributed by atoms with E-state index in [9.17, 15) is 9.59 Å². The zero-order valence-electron chi connectivity index (χ0n) is 11.2. The Morgan fingerprint density at radius 3 is 2.60 bits per heavy atom. The van der Waals surface area contributed by atoms with Crippen molar-refractivity contribution >= 4 is 29.1 Å². The second-order valence-corrected chi connectivity index (χ2v) is 4.63. The van der Waals surface area contributed by atoms with Gasteiger partial charge < -0.3 is 10.6 Å². The molecule has 0 aliphatic rings. The highest BCUT2D eigenvalue weighted by Crippen LogP contribution is 2.20. The van der Waals surface area contributed by atoms with Crippen molar-refractivity contribution < 1.29 is 9.59 Å². The predicted octanol–water partition coefficient (Wildman–Crippen LogP) is 0.828. The summed E-state index contributed by atoms with van der Waals surface area (Å²) in [6.07, 6.45) is 0. The van der Waals surface area contributed by atoms with Crippen LogP contribution in [0.3, 0.4) is 0 Å². The Bertz CT molecular complexity index is 554. The van der Waals surface area contributed by atoms with Crippen molar-refractivity contribution in [2.45, 2.75) is 0 Å². The normalized spacial score (nSPS) is 9.95. The lowest BCUT2D eigenvalue weighted by Crippen LogP contribution is -2.37. The Labute approximate surface area is 122 Å². The van der Waals surface area contributed by atoms with Crippen LogP contribution in [0.1, 0.15) is 5.56 Å². The van der Waals surface area contributed by atoms with Crippen molar-refractivity contribution in [1.82, 2.24) is 10.2 Å². The first-order chi connectivity index (χ1) is 9.46. The van der Waals surface area contributed by atoms with Gasteiger partial charge in [0, 0.05) is 12.1 Å². The topological polar surface area (TPSA) is 85.2 Å². The molecule has 0 spiro atoms. The number of benzene rings is 1. The van der Waals surface area contributed by atoms with E-state index in [-0.39, 0.29) is 24.9 Å². The quantitative estimate of drug-likeness (QED) is 0.842. The molecule has 0 heterocycles. The molecule has 6 nitrogen and oxygen atoms in total. The van der Waals surface area contributed by atoms with E-state index in [2.05, 4.69) is 10.6 Å². The Balaban J connectivity index is 2.65. The number of rotatable bonds is 5. The lowest BCUT2D eigenvalue weighted by atomic mass is 10.2. The van der Waals surface area contributed by atoms with Crippen molar-refractivity contribution in [3.05, 3.63) is 28.8 Å². The molecular weight excluding hydrogens is 280 g/mol. The van der Waals surface area contributed by atoms with Crippen LogP contribution < -0.4 is 10.6 Å². The molecule has 0 radical (unpaired) electrons. The van der Waals surface area contributed by atoms with Gasteiger partial charge in [-0.3, -0.25) is 14.5 Å². The number of carbonyl (C=O) groups excluding carboxylic acids is 2. The minimum absolute atomic E-state index is 0.0325. The number of carbonyl (C=O) groups is 2. The second-order valence-electron chi connectivity index (χ2n) is 4.20. The number of anilines is 1. The first-order valence-electron chi connectivity index (χ1n) is 5.85. The predicted molar refractivity (Wildman–Crippen MR) is 76.4 cm³/mol. The summed E-state index contributed by atoms with van der Waals surface area (Å²) in [5.41, 5.74) is 0.690. The zero-order chi connectivity index (χ0) is 15.1. The van der Waals surface area contributed by atoms with Crippen LogP contribution in [0.4, 0.5) is 5.69 Å². The monoisotopic (exact) mass is 294 g/mol. The molecule has 1 rings (SSSR count). The van der Waals surface area contributed by atoms with E-state index in [1.807, 2.05) is 6.07 Å². The van der Waals surface area contributed by atoms with E-state index < -0.39 is 0 Å². The van der Waals surface area contributed by atoms with Gasteiger partial charge in [-0.2, -0.15) is 5.26 Å². The van der Waals surface area contributed by atoms with Crippen LogP contribution in [0, 0.1) is 11.3 Å². The lowest BCUT2D eigenvalue weighted by molar-refractivity contribution is -0.122. The Morgan fingerprint density at radius 2 is 2.00 bits per heavy atom. The van der Waals surface area contributed by atoms with Crippen LogP contribution in [0.5, 0.6) is 0 Å². The Morgan fingerprint density at radius 1 is 1.35 bits per heavy atom. The van der Waals surface area contributed by atoms with Gasteiger partial charge >= 0.3 is 0 Å². The fraction of sp³-hybridized carbons (Fsp3) is 0.308. The summed E-state index contributed by atoms with van der Waals surface area (Å²) in [6, 6.07) is 6.59. The molecule has 1 aromatic carbocycles. The van der Waals surface area contributed by atoms with Crippen LogP contribution in [-0.4, -0.2) is 43.9 Å². The molecule has 7 heteroatoms. The highest BCUT2D eigenvalue weighted by Gasteiger charge is 2.12. The number of hydrogen-bond donors (Lipinski definition) is 2. The summed E-state index contributed by atoms with van der Waals surface area (Å²) in [5, 5.41) is 14.5. The maximum atomic E-state index is 11.8. The highest BCUT2D eigenvalue weighted by molar-refractivity contribution is 6.31. The SMILES string of the molecule is CNC(=O)CN(C)CC(=O)Nc1cc(Cl)ccc1C#N. The lowest BCUT2D eigenvalue weighted by Gasteiger charge is -2.15. The van der Waals surface area contributed by atoms with Crippen molar-refractivity contribution in [1.29, 1.82) is 5.26 Å². The van der Waals surface area contributed by atoms with Gasteiger partial charge in [0.2, 0.25) is 11.8 Å². The van der Waals surface area contributed by atoms with Crippen molar-refractivity contribution in [2.24, 2.45) is 0 Å². The zero-order valence-corrected chi connectivity index (χ0v) is 12.0. The van der Waals surface area contributed by atoms with E-state index in [0.29, 0.717) is 16.3 Å². The van der Waals surface area contributed by atoms with Gasteiger partial charge in [0.1, 0.15) is 6.07 Å². The molecule has 1 aromatic rings. The third kappa shape index (κ3) is 4.88. The van der Waals surface area contributed by atoms with Crippen molar-refractivity contribution in [2.75, 3.05) is 32.5 Å². The molecule has 0 unspecified atom stereocenters. The van der Waals surface area contributed by atoms with Gasteiger partial charge in [-0.1, -0.05) is 11.6 Å². The minimum Gasteiger partial charge on any atom is -0.358 e. The van der Waals surface area contributed by atoms with E-state index >= 15 is 0 Å². The second kappa shape index (κ2) is 7.48. The third-order valence-corrected chi connectivity index (χ3v) is 2.72. The average Bonchev–Trinajstić information content (AvgIpc) is 2.38. The van der Waals surface area contributed by atoms with Gasteiger partial charge in [-0.25, -0.2) is 0 Å². The molecule has 2 amide bonds. The van der Waals surface area contributed by atoms with Crippen LogP contribution in [0.25, 0.3) is 0 Å². The molecule has 0 aromatic heterocycles. The molecule has 106 valence electrons. The maximum Gasteiger partial charge on any atom is 0.238 e. The van der Waals surface area contributed by atoms with Crippen molar-refractivity contribution in [3.63, 3.8) is 0 Å². The molecule has 0 fully saturated rings. The molecule has 20 heavy (non-hydrogen) atoms. The highest BCUT2D eigenvalue weighted by atomic mass is 35.5. The summed E-state index contributed by atoms with van der Waals surface area (Å²) in [5.74, 6) is -0.504. The average molecular weight is 295 g/mol. The van der Waals surface area contributed by atoms with Gasteiger partial charge in [0.05, 0.1) is 24.3 Å². The smallest absolute Gasteiger partial charge is 0.238 e. The maximum absolute atomic E-state index is 11.8. The fourth-order valence-electron chi connectivity index (χ4n) is 1.53. The van der Waals surface area contributed by atoms with E-state index in [4.69, 9.17) is 16.9 Å². The number of nitrogens with one attached hydrogen (secondary N) is 2. The summed E-state index contributed by atoms with van der Waals surface area (Å²) < 4.78 is 0. The standard InChI is InChI=1S/C13H15ClN4O2/c1-16-12(19)7-18(2)8-13(20)17-11-5-10(14)4-3-9(11)6-15/h3-5H,7-8H2,1-2H3,(H,16,19)(H,17,20). The molecule has 0 atom stereocenters. The van der Waals surface area contributed by atoms with Gasteiger partial charge in [0.25, 0.3) is 0 Å². The Kier molecular flexibility index (Phi) is 5.97. The minimum atomic E-state index is -0.324. The van der Waals surface area contributed by atoms with E-state index in [0.717, 1.165) is 0 Å². The first-order valence-corrected chi connectivity index (χ1v) is 6.22. The number of hydrogen-bond acceptors (Lipinski definition) is 4. The number of nitrogens with zero attached hydrogens (tertiary/aromatic N) is 2. The molecular formula is C13H15ClN4O2. The van der Waals surface area contributed by atoms with Gasteiger partial charge in [-0.05, 0) is 25.2 Å². The molecule has 0 aliphatic carbocycles. The van der Waals surface area contributed by atoms with Crippen molar-refractivity contribution in [3.8, 4) is 6.07 Å². The van der Waals surface area contributed by atoms with E-state index in [1.54, 1.807) is 18.0 Å². The Hall–Kier alpha value is -2.10. The number of amides is 2. The number of halogens is 1. The largest absolute Gasteiger partial charge is 0.358 e. The molecule has 0 saturated carbocycles. The first kappa shape index (κ1) is 16.0. The number of nitriles is 1. The molecule has 0 saturated heterocycles. The molecule has 2 N–H and O–H groups in total. The third-order valence-electron chi connectivity index (χ3n) is 2.48. The summed E-state index contributed by atoms with van der Waals surface area (Å²) in [7, 11) is 3.18. The van der Waals surface area contributed by atoms with Crippen LogP contribution in [0.2, 0.25) is 5.02 Å². The van der Waals surface area contributed by atoms with Crippen LogP contribution in [0.15, 0.2) is 18.2 Å². The summed E-state index contributed by atoms with van der Waals surface area (Å²) in [4.78, 5) is 24.6.